The highest BCUT2D eigenvalue weighted by Gasteiger charge is 2.28. The predicted molar refractivity (Wildman–Crippen MR) is 67.8 cm³/mol. The largest absolute Gasteiger partial charge is 0.0804 e. The molecule has 2 aromatic carbocycles. The van der Waals surface area contributed by atoms with Gasteiger partial charge in [-0.05, 0) is 34.7 Å². The molecular weight excluding hydrogens is 192 g/mol. The fraction of sp³-hybridized carbons (Fsp3) is 0.250. The van der Waals surface area contributed by atoms with Gasteiger partial charge in [-0.1, -0.05) is 48.6 Å². The highest BCUT2D eigenvalue weighted by atomic mass is 14.3. The van der Waals surface area contributed by atoms with Crippen LogP contribution in [0.5, 0.6) is 0 Å². The van der Waals surface area contributed by atoms with Gasteiger partial charge in [0.15, 0.2) is 0 Å². The molecule has 0 spiro atoms. The molecule has 0 aromatic heterocycles. The highest BCUT2D eigenvalue weighted by Crippen LogP contribution is 2.46. The molecule has 0 saturated heterocycles. The summed E-state index contributed by atoms with van der Waals surface area (Å²) in [4.78, 5) is 0. The van der Waals surface area contributed by atoms with Crippen LogP contribution >= 0.6 is 0 Å². The van der Waals surface area contributed by atoms with E-state index < -0.39 is 0 Å². The van der Waals surface area contributed by atoms with Crippen LogP contribution in [0, 0.1) is 0 Å². The zero-order valence-corrected chi connectivity index (χ0v) is 9.19. The van der Waals surface area contributed by atoms with E-state index in [4.69, 9.17) is 0 Å². The van der Waals surface area contributed by atoms with Crippen molar-refractivity contribution in [3.05, 3.63) is 59.7 Å². The highest BCUT2D eigenvalue weighted by molar-refractivity contribution is 5.85. The summed E-state index contributed by atoms with van der Waals surface area (Å²) in [6.45, 7) is 0. The summed E-state index contributed by atoms with van der Waals surface area (Å²) in [5.41, 5.74) is 3.16. The van der Waals surface area contributed by atoms with Gasteiger partial charge in [-0.15, -0.1) is 0 Å². The number of rotatable bonds is 0. The smallest absolute Gasteiger partial charge is 0.00216 e. The monoisotopic (exact) mass is 206 g/mol. The van der Waals surface area contributed by atoms with Gasteiger partial charge in [0.1, 0.15) is 0 Å². The number of allylic oxidation sites excluding steroid dienone is 2. The van der Waals surface area contributed by atoms with Crippen molar-refractivity contribution in [3.8, 4) is 0 Å². The van der Waals surface area contributed by atoms with E-state index in [1.54, 1.807) is 11.1 Å². The molecular formula is C16H14. The topological polar surface area (TPSA) is 0 Å². The summed E-state index contributed by atoms with van der Waals surface area (Å²) in [7, 11) is 0. The fourth-order valence-electron chi connectivity index (χ4n) is 3.26. The Kier molecular flexibility index (Phi) is 1.59. The average Bonchev–Trinajstić information content (AvgIpc) is 2.38. The predicted octanol–water partition coefficient (Wildman–Crippen LogP) is 4.37. The lowest BCUT2D eigenvalue weighted by Gasteiger charge is -2.33. The number of benzene rings is 2. The Labute approximate surface area is 95.6 Å². The molecule has 0 heteroatoms. The van der Waals surface area contributed by atoms with E-state index in [9.17, 15) is 0 Å². The second kappa shape index (κ2) is 2.98. The third-order valence-corrected chi connectivity index (χ3v) is 4.11. The number of fused-ring (bicyclic) bond motifs is 2. The molecule has 5 rings (SSSR count). The summed E-state index contributed by atoms with van der Waals surface area (Å²) in [6, 6.07) is 13.5. The molecule has 0 aliphatic heterocycles. The van der Waals surface area contributed by atoms with E-state index in [1.165, 1.54) is 23.6 Å². The zero-order valence-electron chi connectivity index (χ0n) is 9.19. The Morgan fingerprint density at radius 1 is 0.750 bits per heavy atom. The minimum absolute atomic E-state index is 0.685. The Hall–Kier alpha value is -1.56. The van der Waals surface area contributed by atoms with Crippen LogP contribution < -0.4 is 0 Å². The first-order chi connectivity index (χ1) is 7.92. The molecule has 2 aromatic rings. The minimum Gasteiger partial charge on any atom is -0.0804 e. The molecule has 2 bridgehead atoms. The molecule has 0 saturated carbocycles. The molecule has 0 unspecified atom stereocenters. The third kappa shape index (κ3) is 1.05. The third-order valence-electron chi connectivity index (χ3n) is 4.11. The van der Waals surface area contributed by atoms with Crippen LogP contribution in [0.2, 0.25) is 0 Å². The Bertz CT molecular complexity index is 540. The van der Waals surface area contributed by atoms with Crippen LogP contribution in [0.3, 0.4) is 0 Å². The van der Waals surface area contributed by atoms with Gasteiger partial charge >= 0.3 is 0 Å². The lowest BCUT2D eigenvalue weighted by atomic mass is 9.71. The minimum atomic E-state index is 0.685. The molecule has 16 heavy (non-hydrogen) atoms. The Morgan fingerprint density at radius 3 is 1.69 bits per heavy atom. The molecule has 0 amide bonds. The van der Waals surface area contributed by atoms with Gasteiger partial charge < -0.3 is 0 Å². The van der Waals surface area contributed by atoms with E-state index >= 15 is 0 Å². The molecule has 0 heterocycles. The molecule has 3 aliphatic rings. The standard InChI is InChI=1S/C16H14/c1-2-4-14-10-16-12-7-5-11(6-8-12)15(16)9-13(14)3-1/h1-5,7,9-12H,6,8H2/t11-,12+. The van der Waals surface area contributed by atoms with Gasteiger partial charge in [0, 0.05) is 11.8 Å². The van der Waals surface area contributed by atoms with E-state index in [0.717, 1.165) is 0 Å². The second-order valence-electron chi connectivity index (χ2n) is 5.00. The average molecular weight is 206 g/mol. The van der Waals surface area contributed by atoms with Gasteiger partial charge in [0.05, 0.1) is 0 Å². The van der Waals surface area contributed by atoms with Crippen molar-refractivity contribution in [2.75, 3.05) is 0 Å². The summed E-state index contributed by atoms with van der Waals surface area (Å²) in [5.74, 6) is 1.37. The van der Waals surface area contributed by atoms with E-state index in [1.807, 2.05) is 0 Å². The maximum absolute atomic E-state index is 2.41. The number of hydrogen-bond donors (Lipinski definition) is 0. The molecule has 0 fully saturated rings. The van der Waals surface area contributed by atoms with Crippen molar-refractivity contribution in [3.63, 3.8) is 0 Å². The first-order valence-corrected chi connectivity index (χ1v) is 6.13. The summed E-state index contributed by atoms with van der Waals surface area (Å²) >= 11 is 0. The summed E-state index contributed by atoms with van der Waals surface area (Å²) in [6.07, 6.45) is 7.50. The van der Waals surface area contributed by atoms with E-state index in [-0.39, 0.29) is 0 Å². The normalized spacial score (nSPS) is 26.0. The molecule has 3 aliphatic carbocycles. The van der Waals surface area contributed by atoms with Gasteiger partial charge in [0.25, 0.3) is 0 Å². The van der Waals surface area contributed by atoms with Crippen LogP contribution in [-0.2, 0) is 0 Å². The second-order valence-corrected chi connectivity index (χ2v) is 5.00. The molecule has 0 radical (unpaired) electrons. The Morgan fingerprint density at radius 2 is 1.25 bits per heavy atom. The van der Waals surface area contributed by atoms with Gasteiger partial charge in [0.2, 0.25) is 0 Å². The first-order valence-electron chi connectivity index (χ1n) is 6.13. The van der Waals surface area contributed by atoms with Crippen molar-refractivity contribution < 1.29 is 0 Å². The first kappa shape index (κ1) is 8.58. The van der Waals surface area contributed by atoms with Crippen molar-refractivity contribution in [2.45, 2.75) is 24.7 Å². The summed E-state index contributed by atoms with van der Waals surface area (Å²) in [5, 5.41) is 2.78. The molecule has 2 atom stereocenters. The quantitative estimate of drug-likeness (QED) is 0.561. The van der Waals surface area contributed by atoms with Crippen LogP contribution in [0.1, 0.15) is 35.8 Å². The van der Waals surface area contributed by atoms with Crippen molar-refractivity contribution in [1.82, 2.24) is 0 Å². The van der Waals surface area contributed by atoms with Crippen molar-refractivity contribution in [1.29, 1.82) is 0 Å². The van der Waals surface area contributed by atoms with E-state index in [2.05, 4.69) is 48.6 Å². The van der Waals surface area contributed by atoms with E-state index in [0.29, 0.717) is 11.8 Å². The maximum Gasteiger partial charge on any atom is 0.00216 e. The molecule has 78 valence electrons. The SMILES string of the molecule is C1=C[C@H]2CC[C@@H]1c1cc3ccccc3cc12. The van der Waals surface area contributed by atoms with Crippen LogP contribution in [0.25, 0.3) is 10.8 Å². The van der Waals surface area contributed by atoms with Gasteiger partial charge in [-0.25, -0.2) is 0 Å². The van der Waals surface area contributed by atoms with Gasteiger partial charge in [-0.2, -0.15) is 0 Å². The van der Waals surface area contributed by atoms with Crippen LogP contribution in [0.15, 0.2) is 48.6 Å². The molecule has 0 N–H and O–H groups in total. The Balaban J connectivity index is 2.06. The lowest BCUT2D eigenvalue weighted by Crippen LogP contribution is -2.16. The maximum atomic E-state index is 2.41. The zero-order chi connectivity index (χ0) is 10.5. The lowest BCUT2D eigenvalue weighted by molar-refractivity contribution is 0.554. The number of hydrogen-bond acceptors (Lipinski definition) is 0. The van der Waals surface area contributed by atoms with Gasteiger partial charge in [-0.3, -0.25) is 0 Å². The molecule has 0 nitrogen and oxygen atoms in total. The van der Waals surface area contributed by atoms with Crippen LogP contribution in [-0.4, -0.2) is 0 Å². The summed E-state index contributed by atoms with van der Waals surface area (Å²) < 4.78 is 0. The van der Waals surface area contributed by atoms with Crippen molar-refractivity contribution in [2.24, 2.45) is 0 Å². The van der Waals surface area contributed by atoms with Crippen LogP contribution in [0.4, 0.5) is 0 Å². The fourth-order valence-corrected chi connectivity index (χ4v) is 3.26. The van der Waals surface area contributed by atoms with Crippen molar-refractivity contribution >= 4 is 10.8 Å².